The molecule has 1 aliphatic carbocycles. The highest BCUT2D eigenvalue weighted by Crippen LogP contribution is 2.24. The van der Waals surface area contributed by atoms with Crippen molar-refractivity contribution in [2.75, 3.05) is 5.32 Å². The second-order valence-corrected chi connectivity index (χ2v) is 4.04. The van der Waals surface area contributed by atoms with Crippen LogP contribution in [0.15, 0.2) is 23.6 Å². The Balaban J connectivity index is 1.97. The van der Waals surface area contributed by atoms with Crippen LogP contribution in [0.5, 0.6) is 0 Å². The van der Waals surface area contributed by atoms with Crippen LogP contribution < -0.4 is 5.32 Å². The molecule has 0 aliphatic heterocycles. The van der Waals surface area contributed by atoms with Gasteiger partial charge in [-0.1, -0.05) is 5.11 Å². The molecule has 2 aromatic heterocycles. The molecule has 1 fully saturated rings. The smallest absolute Gasteiger partial charge is 0.208 e. The third-order valence-electron chi connectivity index (χ3n) is 2.64. The maximum absolute atomic E-state index is 8.28. The van der Waals surface area contributed by atoms with E-state index < -0.39 is 0 Å². The lowest BCUT2D eigenvalue weighted by Gasteiger charge is -2.04. The second kappa shape index (κ2) is 3.95. The van der Waals surface area contributed by atoms with Gasteiger partial charge in [-0.15, -0.1) is 0 Å². The fourth-order valence-corrected chi connectivity index (χ4v) is 1.67. The summed E-state index contributed by atoms with van der Waals surface area (Å²) in [5.74, 6) is 0.796. The maximum Gasteiger partial charge on any atom is 0.208 e. The summed E-state index contributed by atoms with van der Waals surface area (Å²) in [6, 6.07) is 2.37. The highest BCUT2D eigenvalue weighted by Gasteiger charge is 2.22. The number of imidazole rings is 1. The lowest BCUT2D eigenvalue weighted by atomic mass is 10.5. The molecule has 3 rings (SSSR count). The number of nitrogens with zero attached hydrogens (tertiary/aromatic N) is 6. The normalized spacial score (nSPS) is 14.6. The van der Waals surface area contributed by atoms with Gasteiger partial charge in [0.2, 0.25) is 5.95 Å². The molecular weight excluding hydrogens is 218 g/mol. The molecule has 0 bridgehead atoms. The molecular formula is C10H11N7. The van der Waals surface area contributed by atoms with Gasteiger partial charge in [-0.25, -0.2) is 9.97 Å². The van der Waals surface area contributed by atoms with Crippen LogP contribution in [0.25, 0.3) is 16.1 Å². The molecule has 0 radical (unpaired) electrons. The van der Waals surface area contributed by atoms with Crippen molar-refractivity contribution in [2.45, 2.75) is 25.4 Å². The molecule has 0 aromatic carbocycles. The molecule has 0 spiro atoms. The van der Waals surface area contributed by atoms with E-state index in [-0.39, 0.29) is 6.54 Å². The van der Waals surface area contributed by atoms with Crippen LogP contribution in [0.4, 0.5) is 5.95 Å². The monoisotopic (exact) mass is 229 g/mol. The Morgan fingerprint density at radius 2 is 2.47 bits per heavy atom. The summed E-state index contributed by atoms with van der Waals surface area (Å²) in [6.07, 6.45) is 5.96. The lowest BCUT2D eigenvalue weighted by Crippen LogP contribution is -2.07. The zero-order valence-corrected chi connectivity index (χ0v) is 9.11. The van der Waals surface area contributed by atoms with E-state index in [9.17, 15) is 0 Å². The first-order chi connectivity index (χ1) is 8.36. The SMILES string of the molecule is [N-]=[N+]=NCc1cn2c(NC3CC3)nccc2n1. The molecule has 1 saturated carbocycles. The van der Waals surface area contributed by atoms with Crippen molar-refractivity contribution in [3.8, 4) is 0 Å². The minimum atomic E-state index is 0.265. The summed E-state index contributed by atoms with van der Waals surface area (Å²) < 4.78 is 1.89. The van der Waals surface area contributed by atoms with Crippen LogP contribution in [-0.4, -0.2) is 20.4 Å². The van der Waals surface area contributed by atoms with E-state index in [1.807, 2.05) is 16.7 Å². The molecule has 17 heavy (non-hydrogen) atoms. The van der Waals surface area contributed by atoms with E-state index in [0.29, 0.717) is 6.04 Å². The molecule has 0 unspecified atom stereocenters. The molecule has 1 aliphatic rings. The van der Waals surface area contributed by atoms with E-state index in [2.05, 4.69) is 25.3 Å². The minimum absolute atomic E-state index is 0.265. The third-order valence-corrected chi connectivity index (χ3v) is 2.64. The number of rotatable bonds is 4. The summed E-state index contributed by atoms with van der Waals surface area (Å²) in [4.78, 5) is 11.4. The van der Waals surface area contributed by atoms with Gasteiger partial charge in [0, 0.05) is 23.3 Å². The first kappa shape index (κ1) is 9.92. The van der Waals surface area contributed by atoms with Crippen LogP contribution in [0, 0.1) is 0 Å². The van der Waals surface area contributed by atoms with Gasteiger partial charge in [0.25, 0.3) is 0 Å². The summed E-state index contributed by atoms with van der Waals surface area (Å²) in [5, 5.41) is 6.84. The Hall–Kier alpha value is -2.27. The summed E-state index contributed by atoms with van der Waals surface area (Å²) >= 11 is 0. The number of azide groups is 1. The third kappa shape index (κ3) is 2.00. The molecule has 7 nitrogen and oxygen atoms in total. The topological polar surface area (TPSA) is 91.0 Å². The number of aromatic nitrogens is 3. The van der Waals surface area contributed by atoms with Crippen molar-refractivity contribution in [3.05, 3.63) is 34.6 Å². The zero-order chi connectivity index (χ0) is 11.7. The van der Waals surface area contributed by atoms with Crippen LogP contribution in [0.2, 0.25) is 0 Å². The van der Waals surface area contributed by atoms with Gasteiger partial charge in [0.15, 0.2) is 0 Å². The van der Waals surface area contributed by atoms with Gasteiger partial charge >= 0.3 is 0 Å². The maximum atomic E-state index is 8.28. The van der Waals surface area contributed by atoms with Crippen LogP contribution in [-0.2, 0) is 6.54 Å². The highest BCUT2D eigenvalue weighted by atomic mass is 15.2. The first-order valence-electron chi connectivity index (χ1n) is 5.47. The molecule has 1 N–H and O–H groups in total. The molecule has 2 aromatic rings. The average molecular weight is 229 g/mol. The van der Waals surface area contributed by atoms with Crippen LogP contribution >= 0.6 is 0 Å². The molecule has 0 saturated heterocycles. The van der Waals surface area contributed by atoms with Crippen LogP contribution in [0.1, 0.15) is 18.5 Å². The van der Waals surface area contributed by atoms with Crippen molar-refractivity contribution in [2.24, 2.45) is 5.11 Å². The quantitative estimate of drug-likeness (QED) is 0.494. The first-order valence-corrected chi connectivity index (χ1v) is 5.47. The second-order valence-electron chi connectivity index (χ2n) is 4.04. The van der Waals surface area contributed by atoms with E-state index in [1.165, 1.54) is 12.8 Å². The van der Waals surface area contributed by atoms with Gasteiger partial charge in [-0.05, 0) is 24.4 Å². The van der Waals surface area contributed by atoms with Crippen molar-refractivity contribution < 1.29 is 0 Å². The van der Waals surface area contributed by atoms with E-state index in [1.54, 1.807) is 6.20 Å². The summed E-state index contributed by atoms with van der Waals surface area (Å²) in [7, 11) is 0. The highest BCUT2D eigenvalue weighted by molar-refractivity contribution is 5.47. The van der Waals surface area contributed by atoms with Crippen molar-refractivity contribution >= 4 is 11.6 Å². The predicted molar refractivity (Wildman–Crippen MR) is 62.5 cm³/mol. The predicted octanol–water partition coefficient (Wildman–Crippen LogP) is 2.11. The van der Waals surface area contributed by atoms with Crippen molar-refractivity contribution in [1.82, 2.24) is 14.4 Å². The number of nitrogens with one attached hydrogen (secondary N) is 1. The summed E-state index contributed by atoms with van der Waals surface area (Å²) in [5.41, 5.74) is 9.84. The van der Waals surface area contributed by atoms with Gasteiger partial charge in [0.1, 0.15) is 5.65 Å². The molecule has 86 valence electrons. The standard InChI is InChI=1S/C10H11N7/c11-16-13-5-8-6-17-9(14-8)3-4-12-10(17)15-7-1-2-7/h3-4,6-7H,1-2,5H2,(H,12,15). The molecule has 0 atom stereocenters. The number of anilines is 1. The van der Waals surface area contributed by atoms with Gasteiger partial charge < -0.3 is 5.32 Å². The average Bonchev–Trinajstić information content (AvgIpc) is 3.04. The van der Waals surface area contributed by atoms with Crippen molar-refractivity contribution in [1.29, 1.82) is 0 Å². The fraction of sp³-hybridized carbons (Fsp3) is 0.400. The van der Waals surface area contributed by atoms with E-state index >= 15 is 0 Å². The lowest BCUT2D eigenvalue weighted by molar-refractivity contribution is 0.990. The Morgan fingerprint density at radius 3 is 3.24 bits per heavy atom. The molecule has 2 heterocycles. The number of hydrogen-bond acceptors (Lipinski definition) is 4. The largest absolute Gasteiger partial charge is 0.353 e. The Bertz CT molecular complexity index is 592. The fourth-order valence-electron chi connectivity index (χ4n) is 1.67. The Labute approximate surface area is 97.1 Å². The summed E-state index contributed by atoms with van der Waals surface area (Å²) in [6.45, 7) is 0.265. The van der Waals surface area contributed by atoms with E-state index in [0.717, 1.165) is 17.3 Å². The number of hydrogen-bond donors (Lipinski definition) is 1. The van der Waals surface area contributed by atoms with Crippen LogP contribution in [0.3, 0.4) is 0 Å². The van der Waals surface area contributed by atoms with Gasteiger partial charge in [0.05, 0.1) is 12.2 Å². The molecule has 7 heteroatoms. The Kier molecular flexibility index (Phi) is 2.31. The van der Waals surface area contributed by atoms with E-state index in [4.69, 9.17) is 5.53 Å². The zero-order valence-electron chi connectivity index (χ0n) is 9.11. The molecule has 0 amide bonds. The minimum Gasteiger partial charge on any atom is -0.353 e. The van der Waals surface area contributed by atoms with Gasteiger partial charge in [-0.3, -0.25) is 4.40 Å². The number of fused-ring (bicyclic) bond motifs is 1. The van der Waals surface area contributed by atoms with Gasteiger partial charge in [-0.2, -0.15) is 0 Å². The van der Waals surface area contributed by atoms with Crippen molar-refractivity contribution in [3.63, 3.8) is 0 Å². The Morgan fingerprint density at radius 1 is 1.59 bits per heavy atom.